The number of aromatic nitrogens is 1. The highest BCUT2D eigenvalue weighted by molar-refractivity contribution is 7.89. The normalized spacial score (nSPS) is 13.7. The maximum absolute atomic E-state index is 14.4. The molecule has 2 aromatic rings. The van der Waals surface area contributed by atoms with Gasteiger partial charge in [0.25, 0.3) is 0 Å². The van der Waals surface area contributed by atoms with Gasteiger partial charge in [-0.15, -0.1) is 0 Å². The summed E-state index contributed by atoms with van der Waals surface area (Å²) in [7, 11) is -4.20. The average molecular weight is 460 g/mol. The Kier molecular flexibility index (Phi) is 7.40. The topological polar surface area (TPSA) is 124 Å². The fourth-order valence-corrected chi connectivity index (χ4v) is 4.46. The molecule has 0 spiro atoms. The fraction of sp³-hybridized carbons (Fsp3) is 0.286. The van der Waals surface area contributed by atoms with E-state index in [-0.39, 0.29) is 31.4 Å². The minimum absolute atomic E-state index is 0.0904. The minimum Gasteiger partial charge on any atom is -0.492 e. The Morgan fingerprint density at radius 2 is 2.16 bits per heavy atom. The second-order valence-corrected chi connectivity index (χ2v) is 8.66. The zero-order valence-electron chi connectivity index (χ0n) is 17.1. The summed E-state index contributed by atoms with van der Waals surface area (Å²) in [4.78, 5) is 16.5. The Morgan fingerprint density at radius 1 is 1.38 bits per heavy atom. The van der Waals surface area contributed by atoms with Crippen LogP contribution in [0.1, 0.15) is 12.0 Å². The number of hydrogen-bond acceptors (Lipinski definition) is 7. The molecule has 1 aliphatic heterocycles. The van der Waals surface area contributed by atoms with E-state index in [1.54, 1.807) is 12.1 Å². The number of ether oxygens (including phenoxy) is 1. The number of carbonyl (C=O) groups is 1. The maximum Gasteiger partial charge on any atom is 0.247 e. The molecule has 32 heavy (non-hydrogen) atoms. The molecule has 1 fully saturated rings. The molecule has 11 heteroatoms. The van der Waals surface area contributed by atoms with Crippen LogP contribution in [0.5, 0.6) is 5.75 Å². The lowest BCUT2D eigenvalue weighted by atomic mass is 10.1. The van der Waals surface area contributed by atoms with Crippen molar-refractivity contribution >= 4 is 21.7 Å². The van der Waals surface area contributed by atoms with Crippen LogP contribution in [0.15, 0.2) is 54.1 Å². The highest BCUT2D eigenvalue weighted by Crippen LogP contribution is 2.27. The molecule has 0 bridgehead atoms. The van der Waals surface area contributed by atoms with Gasteiger partial charge < -0.3 is 15.0 Å². The van der Waals surface area contributed by atoms with Gasteiger partial charge in [-0.1, -0.05) is 12.6 Å². The molecule has 0 atom stereocenters. The zero-order valence-corrected chi connectivity index (χ0v) is 17.9. The first kappa shape index (κ1) is 23.2. The smallest absolute Gasteiger partial charge is 0.247 e. The summed E-state index contributed by atoms with van der Waals surface area (Å²) in [5.41, 5.74) is 0.453. The fourth-order valence-electron chi connectivity index (χ4n) is 3.04. The number of likely N-dealkylation sites (tertiary alicyclic amines) is 1. The van der Waals surface area contributed by atoms with Crippen LogP contribution in [0.25, 0.3) is 0 Å². The molecule has 1 amide bonds. The number of rotatable bonds is 10. The van der Waals surface area contributed by atoms with Gasteiger partial charge in [0.1, 0.15) is 23.5 Å². The summed E-state index contributed by atoms with van der Waals surface area (Å²) in [6.45, 7) is 4.37. The molecule has 1 aromatic heterocycles. The SMILES string of the molecule is C=CC(=O)N1CC(NS(=O)(=O)c2c(F)cccc2OCCCNc2ccc(C#N)cn2)C1. The molecule has 2 heterocycles. The van der Waals surface area contributed by atoms with Crippen molar-refractivity contribution in [1.82, 2.24) is 14.6 Å². The number of pyridine rings is 1. The molecule has 0 radical (unpaired) electrons. The summed E-state index contributed by atoms with van der Waals surface area (Å²) in [6.07, 6.45) is 3.09. The van der Waals surface area contributed by atoms with E-state index in [1.807, 2.05) is 6.07 Å². The van der Waals surface area contributed by atoms with Crippen LogP contribution in [-0.4, -0.2) is 56.5 Å². The molecular formula is C21H22FN5O4S. The molecule has 168 valence electrons. The van der Waals surface area contributed by atoms with E-state index in [0.29, 0.717) is 24.3 Å². The van der Waals surface area contributed by atoms with Crippen molar-refractivity contribution in [2.75, 3.05) is 31.6 Å². The van der Waals surface area contributed by atoms with Crippen molar-refractivity contribution in [3.05, 3.63) is 60.6 Å². The average Bonchev–Trinajstić information content (AvgIpc) is 2.75. The van der Waals surface area contributed by atoms with Crippen LogP contribution < -0.4 is 14.8 Å². The van der Waals surface area contributed by atoms with Crippen molar-refractivity contribution in [3.63, 3.8) is 0 Å². The van der Waals surface area contributed by atoms with Gasteiger partial charge in [-0.05, 0) is 36.8 Å². The molecule has 0 unspecified atom stereocenters. The minimum atomic E-state index is -4.20. The number of hydrogen-bond donors (Lipinski definition) is 2. The highest BCUT2D eigenvalue weighted by atomic mass is 32.2. The monoisotopic (exact) mass is 459 g/mol. The van der Waals surface area contributed by atoms with Crippen LogP contribution in [0.2, 0.25) is 0 Å². The van der Waals surface area contributed by atoms with Crippen LogP contribution in [0.3, 0.4) is 0 Å². The predicted octanol–water partition coefficient (Wildman–Crippen LogP) is 1.65. The second-order valence-electron chi connectivity index (χ2n) is 7.01. The van der Waals surface area contributed by atoms with E-state index >= 15 is 0 Å². The standard InChI is InChI=1S/C21H22FN5O4S/c1-2-20(28)27-13-16(14-27)26-32(29,30)21-17(22)5-3-6-18(21)31-10-4-9-24-19-8-7-15(11-23)12-25-19/h2-3,5-8,12,16,26H,1,4,9-10,13-14H2,(H,24,25). The quantitative estimate of drug-likeness (QED) is 0.409. The summed E-state index contributed by atoms with van der Waals surface area (Å²) >= 11 is 0. The third kappa shape index (κ3) is 5.60. The summed E-state index contributed by atoms with van der Waals surface area (Å²) in [5, 5.41) is 11.8. The number of sulfonamides is 1. The van der Waals surface area contributed by atoms with E-state index in [0.717, 1.165) is 12.1 Å². The zero-order chi connectivity index (χ0) is 23.1. The molecule has 9 nitrogen and oxygen atoms in total. The van der Waals surface area contributed by atoms with E-state index in [9.17, 15) is 17.6 Å². The van der Waals surface area contributed by atoms with Gasteiger partial charge >= 0.3 is 0 Å². The molecule has 3 rings (SSSR count). The molecule has 0 saturated carbocycles. The molecular weight excluding hydrogens is 437 g/mol. The number of nitriles is 1. The third-order valence-corrected chi connectivity index (χ3v) is 6.24. The van der Waals surface area contributed by atoms with Gasteiger partial charge in [0.15, 0.2) is 4.90 Å². The largest absolute Gasteiger partial charge is 0.492 e. The van der Waals surface area contributed by atoms with Gasteiger partial charge in [0.05, 0.1) is 18.2 Å². The predicted molar refractivity (Wildman–Crippen MR) is 115 cm³/mol. The first-order valence-electron chi connectivity index (χ1n) is 9.79. The number of nitrogens with zero attached hydrogens (tertiary/aromatic N) is 3. The lowest BCUT2D eigenvalue weighted by Gasteiger charge is -2.38. The lowest BCUT2D eigenvalue weighted by molar-refractivity contribution is -0.130. The highest BCUT2D eigenvalue weighted by Gasteiger charge is 2.35. The molecule has 0 aliphatic carbocycles. The summed E-state index contributed by atoms with van der Waals surface area (Å²) < 4.78 is 47.9. The number of amides is 1. The van der Waals surface area contributed by atoms with Crippen molar-refractivity contribution < 1.29 is 22.3 Å². The molecule has 1 saturated heterocycles. The molecule has 1 aromatic carbocycles. The Balaban J connectivity index is 1.55. The van der Waals surface area contributed by atoms with E-state index in [2.05, 4.69) is 21.6 Å². The maximum atomic E-state index is 14.4. The van der Waals surface area contributed by atoms with E-state index in [4.69, 9.17) is 10.00 Å². The van der Waals surface area contributed by atoms with Gasteiger partial charge in [-0.25, -0.2) is 22.5 Å². The van der Waals surface area contributed by atoms with Gasteiger partial charge in [-0.3, -0.25) is 4.79 Å². The van der Waals surface area contributed by atoms with Crippen molar-refractivity contribution in [1.29, 1.82) is 5.26 Å². The van der Waals surface area contributed by atoms with Crippen molar-refractivity contribution in [2.45, 2.75) is 17.4 Å². The van der Waals surface area contributed by atoms with E-state index in [1.165, 1.54) is 23.2 Å². The lowest BCUT2D eigenvalue weighted by Crippen LogP contribution is -2.60. The molecule has 2 N–H and O–H groups in total. The Morgan fingerprint density at radius 3 is 2.81 bits per heavy atom. The van der Waals surface area contributed by atoms with Crippen LogP contribution in [-0.2, 0) is 14.8 Å². The number of anilines is 1. The van der Waals surface area contributed by atoms with Gasteiger partial charge in [0, 0.05) is 25.8 Å². The number of benzene rings is 1. The number of nitrogens with one attached hydrogen (secondary N) is 2. The number of carbonyl (C=O) groups excluding carboxylic acids is 1. The Hall–Kier alpha value is -3.49. The Bertz CT molecular complexity index is 1130. The van der Waals surface area contributed by atoms with Crippen molar-refractivity contribution in [2.24, 2.45) is 0 Å². The van der Waals surface area contributed by atoms with Crippen LogP contribution in [0, 0.1) is 17.1 Å². The Labute approximate surface area is 185 Å². The molecule has 1 aliphatic rings. The van der Waals surface area contributed by atoms with Crippen LogP contribution >= 0.6 is 0 Å². The van der Waals surface area contributed by atoms with Crippen molar-refractivity contribution in [3.8, 4) is 11.8 Å². The first-order chi connectivity index (χ1) is 15.3. The summed E-state index contributed by atoms with van der Waals surface area (Å²) in [5.74, 6) is -0.715. The second kappa shape index (κ2) is 10.2. The first-order valence-corrected chi connectivity index (χ1v) is 11.3. The summed E-state index contributed by atoms with van der Waals surface area (Å²) in [6, 6.07) is 8.59. The van der Waals surface area contributed by atoms with Gasteiger partial charge in [0.2, 0.25) is 15.9 Å². The third-order valence-electron chi connectivity index (χ3n) is 4.67. The van der Waals surface area contributed by atoms with E-state index < -0.39 is 26.8 Å². The van der Waals surface area contributed by atoms with Crippen LogP contribution in [0.4, 0.5) is 10.2 Å². The van der Waals surface area contributed by atoms with Gasteiger partial charge in [-0.2, -0.15) is 5.26 Å². The number of halogens is 1.